The van der Waals surface area contributed by atoms with Gasteiger partial charge in [0.1, 0.15) is 11.5 Å². The maximum absolute atomic E-state index is 11.7. The van der Waals surface area contributed by atoms with E-state index in [9.17, 15) is 4.79 Å². The fourth-order valence-corrected chi connectivity index (χ4v) is 2.08. The van der Waals surface area contributed by atoms with Crippen molar-refractivity contribution in [2.24, 2.45) is 0 Å². The zero-order valence-corrected chi connectivity index (χ0v) is 10.8. The number of carbonyl (C=O) groups excluding carboxylic acids is 1. The summed E-state index contributed by atoms with van der Waals surface area (Å²) >= 11 is 0. The van der Waals surface area contributed by atoms with E-state index < -0.39 is 0 Å². The van der Waals surface area contributed by atoms with Gasteiger partial charge in [-0.25, -0.2) is 9.78 Å². The van der Waals surface area contributed by atoms with Gasteiger partial charge in [-0.2, -0.15) is 0 Å². The van der Waals surface area contributed by atoms with Gasteiger partial charge in [-0.05, 0) is 19.4 Å². The largest absolute Gasteiger partial charge is 0.464 e. The van der Waals surface area contributed by atoms with Crippen LogP contribution in [0.15, 0.2) is 36.5 Å². The van der Waals surface area contributed by atoms with Gasteiger partial charge >= 0.3 is 5.97 Å². The molecule has 1 heterocycles. The predicted octanol–water partition coefficient (Wildman–Crippen LogP) is 2.59. The van der Waals surface area contributed by atoms with Crippen LogP contribution in [0, 0.1) is 6.92 Å². The molecule has 0 saturated heterocycles. The fraction of sp³-hybridized carbons (Fsp3) is 0.286. The molecule has 4 heteroatoms. The summed E-state index contributed by atoms with van der Waals surface area (Å²) in [5, 5.41) is 0. The van der Waals surface area contributed by atoms with Crippen LogP contribution in [0.4, 0.5) is 0 Å². The molecule has 18 heavy (non-hydrogen) atoms. The van der Waals surface area contributed by atoms with E-state index >= 15 is 0 Å². The normalized spacial score (nSPS) is 12.2. The number of esters is 1. The number of hydrogen-bond donors (Lipinski definition) is 0. The van der Waals surface area contributed by atoms with Crippen LogP contribution in [0.3, 0.4) is 0 Å². The number of benzene rings is 1. The third-order valence-corrected chi connectivity index (χ3v) is 3.05. The zero-order valence-electron chi connectivity index (χ0n) is 10.8. The monoisotopic (exact) mass is 244 g/mol. The topological polar surface area (TPSA) is 44.1 Å². The van der Waals surface area contributed by atoms with Crippen LogP contribution in [-0.2, 0) is 4.74 Å². The summed E-state index contributed by atoms with van der Waals surface area (Å²) in [6.07, 6.45) is 1.56. The maximum atomic E-state index is 11.7. The van der Waals surface area contributed by atoms with Crippen LogP contribution >= 0.6 is 0 Å². The highest BCUT2D eigenvalue weighted by Crippen LogP contribution is 2.21. The molecule has 1 aromatic carbocycles. The molecule has 94 valence electrons. The highest BCUT2D eigenvalue weighted by molar-refractivity contribution is 5.87. The van der Waals surface area contributed by atoms with Crippen LogP contribution in [0.25, 0.3) is 0 Å². The molecule has 1 atom stereocenters. The molecule has 1 unspecified atom stereocenters. The van der Waals surface area contributed by atoms with Gasteiger partial charge in [0.2, 0.25) is 0 Å². The number of imidazole rings is 1. The number of nitrogens with zero attached hydrogens (tertiary/aromatic N) is 2. The molecule has 1 aromatic heterocycles. The molecule has 0 aliphatic rings. The van der Waals surface area contributed by atoms with Gasteiger partial charge in [-0.15, -0.1) is 0 Å². The molecule has 0 amide bonds. The fourth-order valence-electron chi connectivity index (χ4n) is 2.08. The lowest BCUT2D eigenvalue weighted by molar-refractivity contribution is 0.0587. The Labute approximate surface area is 106 Å². The Bertz CT molecular complexity index is 546. The third kappa shape index (κ3) is 2.14. The van der Waals surface area contributed by atoms with Gasteiger partial charge < -0.3 is 9.30 Å². The number of aryl methyl sites for hydroxylation is 1. The molecule has 0 radical (unpaired) electrons. The Balaban J connectivity index is 2.45. The van der Waals surface area contributed by atoms with Crippen molar-refractivity contribution in [2.75, 3.05) is 7.11 Å². The Kier molecular flexibility index (Phi) is 3.46. The third-order valence-electron chi connectivity index (χ3n) is 3.05. The van der Waals surface area contributed by atoms with E-state index in [0.717, 1.165) is 11.4 Å². The van der Waals surface area contributed by atoms with Crippen molar-refractivity contribution in [3.05, 3.63) is 53.6 Å². The summed E-state index contributed by atoms with van der Waals surface area (Å²) in [4.78, 5) is 15.9. The van der Waals surface area contributed by atoms with E-state index in [4.69, 9.17) is 4.74 Å². The minimum absolute atomic E-state index is 0.0443. The zero-order chi connectivity index (χ0) is 13.1. The first kappa shape index (κ1) is 12.4. The van der Waals surface area contributed by atoms with Gasteiger partial charge in [0, 0.05) is 0 Å². The lowest BCUT2D eigenvalue weighted by Gasteiger charge is -2.18. The second-order valence-electron chi connectivity index (χ2n) is 4.14. The molecule has 0 saturated carbocycles. The summed E-state index contributed by atoms with van der Waals surface area (Å²) in [5.74, 6) is 0.435. The van der Waals surface area contributed by atoms with Crippen molar-refractivity contribution < 1.29 is 9.53 Å². The number of rotatable bonds is 3. The van der Waals surface area contributed by atoms with Gasteiger partial charge in [0.15, 0.2) is 0 Å². The average molecular weight is 244 g/mol. The molecule has 2 aromatic rings. The molecule has 0 bridgehead atoms. The Morgan fingerprint density at radius 2 is 2.00 bits per heavy atom. The van der Waals surface area contributed by atoms with Crippen molar-refractivity contribution in [3.8, 4) is 0 Å². The summed E-state index contributed by atoms with van der Waals surface area (Å²) in [6.45, 7) is 3.92. The van der Waals surface area contributed by atoms with E-state index in [1.807, 2.05) is 48.7 Å². The van der Waals surface area contributed by atoms with Crippen molar-refractivity contribution in [1.29, 1.82) is 0 Å². The Morgan fingerprint density at radius 3 is 2.61 bits per heavy atom. The molecule has 4 nitrogen and oxygen atoms in total. The van der Waals surface area contributed by atoms with Crippen LogP contribution < -0.4 is 0 Å². The van der Waals surface area contributed by atoms with E-state index in [1.54, 1.807) is 6.20 Å². The molecule has 0 spiro atoms. The summed E-state index contributed by atoms with van der Waals surface area (Å²) in [7, 11) is 1.38. The number of aromatic nitrogens is 2. The molecule has 0 N–H and O–H groups in total. The number of hydrogen-bond acceptors (Lipinski definition) is 3. The van der Waals surface area contributed by atoms with E-state index in [-0.39, 0.29) is 12.0 Å². The minimum Gasteiger partial charge on any atom is -0.464 e. The molecule has 0 fully saturated rings. The SMILES string of the molecule is COC(=O)c1cnc(C)n1C(C)c1ccccc1. The molecule has 0 aliphatic heterocycles. The lowest BCUT2D eigenvalue weighted by Crippen LogP contribution is -2.16. The number of ether oxygens (including phenoxy) is 1. The average Bonchev–Trinajstić information content (AvgIpc) is 2.80. The molecule has 2 rings (SSSR count). The second-order valence-corrected chi connectivity index (χ2v) is 4.14. The van der Waals surface area contributed by atoms with Gasteiger partial charge in [-0.3, -0.25) is 0 Å². The van der Waals surface area contributed by atoms with Crippen molar-refractivity contribution in [2.45, 2.75) is 19.9 Å². The smallest absolute Gasteiger partial charge is 0.356 e. The van der Waals surface area contributed by atoms with E-state index in [1.165, 1.54) is 7.11 Å². The van der Waals surface area contributed by atoms with Crippen LogP contribution in [0.1, 0.15) is 34.8 Å². The van der Waals surface area contributed by atoms with Crippen LogP contribution in [0.2, 0.25) is 0 Å². The first-order chi connectivity index (χ1) is 8.65. The molecular formula is C14H16N2O2. The van der Waals surface area contributed by atoms with Crippen LogP contribution in [0.5, 0.6) is 0 Å². The number of carbonyl (C=O) groups is 1. The summed E-state index contributed by atoms with van der Waals surface area (Å²) < 4.78 is 6.67. The summed E-state index contributed by atoms with van der Waals surface area (Å²) in [5.41, 5.74) is 1.61. The highest BCUT2D eigenvalue weighted by Gasteiger charge is 2.19. The Morgan fingerprint density at radius 1 is 1.33 bits per heavy atom. The van der Waals surface area contributed by atoms with Crippen molar-refractivity contribution in [1.82, 2.24) is 9.55 Å². The second kappa shape index (κ2) is 5.04. The quantitative estimate of drug-likeness (QED) is 0.779. The molecule has 0 aliphatic carbocycles. The first-order valence-corrected chi connectivity index (χ1v) is 5.82. The lowest BCUT2D eigenvalue weighted by atomic mass is 10.1. The summed E-state index contributed by atoms with van der Waals surface area (Å²) in [6, 6.07) is 10.0. The first-order valence-electron chi connectivity index (χ1n) is 5.82. The number of methoxy groups -OCH3 is 1. The van der Waals surface area contributed by atoms with E-state index in [2.05, 4.69) is 4.98 Å². The van der Waals surface area contributed by atoms with Gasteiger partial charge in [0.05, 0.1) is 19.3 Å². The van der Waals surface area contributed by atoms with E-state index in [0.29, 0.717) is 5.69 Å². The van der Waals surface area contributed by atoms with Gasteiger partial charge in [-0.1, -0.05) is 30.3 Å². The van der Waals surface area contributed by atoms with Gasteiger partial charge in [0.25, 0.3) is 0 Å². The predicted molar refractivity (Wildman–Crippen MR) is 68.6 cm³/mol. The van der Waals surface area contributed by atoms with Crippen LogP contribution in [-0.4, -0.2) is 22.6 Å². The standard InChI is InChI=1S/C14H16N2O2/c1-10(12-7-5-4-6-8-12)16-11(2)15-9-13(16)14(17)18-3/h4-10H,1-3H3. The minimum atomic E-state index is -0.363. The van der Waals surface area contributed by atoms with Crippen molar-refractivity contribution >= 4 is 5.97 Å². The maximum Gasteiger partial charge on any atom is 0.356 e. The highest BCUT2D eigenvalue weighted by atomic mass is 16.5. The Hall–Kier alpha value is -2.10. The van der Waals surface area contributed by atoms with Crippen molar-refractivity contribution in [3.63, 3.8) is 0 Å². The molecular weight excluding hydrogens is 228 g/mol.